The molecule has 1 fully saturated rings. The SMILES string of the molecule is CCCn1cc(S(=O)(=O)NC2(CCl)CC2)nc1C. The van der Waals surface area contributed by atoms with Crippen molar-refractivity contribution in [2.45, 2.75) is 50.2 Å². The Morgan fingerprint density at radius 3 is 2.72 bits per heavy atom. The number of aromatic nitrogens is 2. The Labute approximate surface area is 113 Å². The van der Waals surface area contributed by atoms with Crippen LogP contribution in [0, 0.1) is 6.92 Å². The highest BCUT2D eigenvalue weighted by Crippen LogP contribution is 2.37. The van der Waals surface area contributed by atoms with Gasteiger partial charge in [0.2, 0.25) is 0 Å². The number of hydrogen-bond donors (Lipinski definition) is 1. The van der Waals surface area contributed by atoms with E-state index in [4.69, 9.17) is 11.6 Å². The molecular formula is C11H18ClN3O2S. The molecule has 5 nitrogen and oxygen atoms in total. The highest BCUT2D eigenvalue weighted by molar-refractivity contribution is 7.89. The monoisotopic (exact) mass is 291 g/mol. The van der Waals surface area contributed by atoms with Crippen molar-refractivity contribution in [3.05, 3.63) is 12.0 Å². The Kier molecular flexibility index (Phi) is 3.71. The minimum absolute atomic E-state index is 0.0878. The van der Waals surface area contributed by atoms with Gasteiger partial charge in [0, 0.05) is 24.2 Å². The van der Waals surface area contributed by atoms with Gasteiger partial charge in [-0.2, -0.15) is 0 Å². The van der Waals surface area contributed by atoms with Crippen molar-refractivity contribution in [1.29, 1.82) is 0 Å². The van der Waals surface area contributed by atoms with Crippen molar-refractivity contribution in [2.24, 2.45) is 0 Å². The lowest BCUT2D eigenvalue weighted by molar-refractivity contribution is 0.556. The molecule has 1 aliphatic carbocycles. The van der Waals surface area contributed by atoms with E-state index in [1.54, 1.807) is 6.20 Å². The molecule has 102 valence electrons. The molecule has 0 aromatic carbocycles. The lowest BCUT2D eigenvalue weighted by Crippen LogP contribution is -2.38. The van der Waals surface area contributed by atoms with Crippen LogP contribution in [0.25, 0.3) is 0 Å². The molecule has 0 saturated heterocycles. The summed E-state index contributed by atoms with van der Waals surface area (Å²) in [5.74, 6) is 1.02. The molecule has 0 radical (unpaired) electrons. The maximum absolute atomic E-state index is 12.2. The van der Waals surface area contributed by atoms with Crippen LogP contribution in [0.2, 0.25) is 0 Å². The van der Waals surface area contributed by atoms with E-state index in [-0.39, 0.29) is 5.03 Å². The van der Waals surface area contributed by atoms with Gasteiger partial charge in [0.15, 0.2) is 5.03 Å². The maximum Gasteiger partial charge on any atom is 0.260 e. The number of alkyl halides is 1. The van der Waals surface area contributed by atoms with Crippen molar-refractivity contribution in [3.8, 4) is 0 Å². The van der Waals surface area contributed by atoms with Gasteiger partial charge in [-0.1, -0.05) is 6.92 Å². The minimum atomic E-state index is -3.55. The lowest BCUT2D eigenvalue weighted by Gasteiger charge is -2.12. The standard InChI is InChI=1S/C11H18ClN3O2S/c1-3-6-15-7-10(13-9(15)2)18(16,17)14-11(8-12)4-5-11/h7,14H,3-6,8H2,1-2H3. The first kappa shape index (κ1) is 13.8. The summed E-state index contributed by atoms with van der Waals surface area (Å²) in [6, 6.07) is 0. The number of halogens is 1. The Hall–Kier alpha value is -0.590. The van der Waals surface area contributed by atoms with Gasteiger partial charge in [-0.15, -0.1) is 11.6 Å². The normalized spacial score (nSPS) is 17.9. The second-order valence-corrected chi connectivity index (χ2v) is 6.74. The first-order valence-corrected chi connectivity index (χ1v) is 8.08. The molecule has 0 amide bonds. The van der Waals surface area contributed by atoms with Gasteiger partial charge in [0.25, 0.3) is 10.0 Å². The number of imidazole rings is 1. The zero-order chi connectivity index (χ0) is 13.4. The first-order chi connectivity index (χ1) is 8.42. The van der Waals surface area contributed by atoms with Gasteiger partial charge >= 0.3 is 0 Å². The van der Waals surface area contributed by atoms with Crippen molar-refractivity contribution < 1.29 is 8.42 Å². The second-order valence-electron chi connectivity index (χ2n) is 4.84. The Morgan fingerprint density at radius 2 is 2.22 bits per heavy atom. The van der Waals surface area contributed by atoms with Gasteiger partial charge in [-0.25, -0.2) is 18.1 Å². The van der Waals surface area contributed by atoms with Crippen molar-refractivity contribution in [2.75, 3.05) is 5.88 Å². The molecule has 0 bridgehead atoms. The fourth-order valence-corrected chi connectivity index (χ4v) is 3.71. The highest BCUT2D eigenvalue weighted by Gasteiger charge is 2.45. The molecule has 1 heterocycles. The van der Waals surface area contributed by atoms with E-state index in [0.29, 0.717) is 11.7 Å². The third kappa shape index (κ3) is 2.70. The molecule has 1 saturated carbocycles. The van der Waals surface area contributed by atoms with Crippen LogP contribution < -0.4 is 4.72 Å². The molecule has 0 spiro atoms. The highest BCUT2D eigenvalue weighted by atomic mass is 35.5. The fourth-order valence-electron chi connectivity index (χ4n) is 1.83. The molecule has 18 heavy (non-hydrogen) atoms. The van der Waals surface area contributed by atoms with E-state index in [1.165, 1.54) is 0 Å². The second kappa shape index (κ2) is 4.83. The number of nitrogens with one attached hydrogen (secondary N) is 1. The quantitative estimate of drug-likeness (QED) is 0.811. The summed E-state index contributed by atoms with van der Waals surface area (Å²) in [7, 11) is -3.55. The average molecular weight is 292 g/mol. The number of nitrogens with zero attached hydrogens (tertiary/aromatic N) is 2. The summed E-state index contributed by atoms with van der Waals surface area (Å²) >= 11 is 5.78. The van der Waals surface area contributed by atoms with Gasteiger partial charge < -0.3 is 4.57 Å². The number of aryl methyl sites for hydroxylation is 2. The van der Waals surface area contributed by atoms with E-state index in [0.717, 1.165) is 25.8 Å². The number of rotatable bonds is 6. The van der Waals surface area contributed by atoms with Crippen LogP contribution in [-0.4, -0.2) is 29.4 Å². The minimum Gasteiger partial charge on any atom is -0.334 e. The molecule has 7 heteroatoms. The van der Waals surface area contributed by atoms with Crippen LogP contribution in [0.3, 0.4) is 0 Å². The van der Waals surface area contributed by atoms with Crippen LogP contribution in [0.15, 0.2) is 11.2 Å². The Morgan fingerprint density at radius 1 is 1.56 bits per heavy atom. The summed E-state index contributed by atoms with van der Waals surface area (Å²) in [5, 5.41) is 0.0878. The summed E-state index contributed by atoms with van der Waals surface area (Å²) < 4.78 is 28.9. The molecule has 1 N–H and O–H groups in total. The largest absolute Gasteiger partial charge is 0.334 e. The molecule has 1 aromatic rings. The fraction of sp³-hybridized carbons (Fsp3) is 0.727. The summed E-state index contributed by atoms with van der Waals surface area (Å²) in [4.78, 5) is 4.12. The summed E-state index contributed by atoms with van der Waals surface area (Å²) in [5.41, 5.74) is -0.442. The van der Waals surface area contributed by atoms with E-state index < -0.39 is 15.6 Å². The smallest absolute Gasteiger partial charge is 0.260 e. The van der Waals surface area contributed by atoms with Gasteiger partial charge in [0.05, 0.1) is 0 Å². The molecule has 1 aromatic heterocycles. The summed E-state index contributed by atoms with van der Waals surface area (Å²) in [6.07, 6.45) is 4.12. The Bertz CT molecular complexity index is 534. The molecule has 1 aliphatic rings. The van der Waals surface area contributed by atoms with Crippen LogP contribution >= 0.6 is 11.6 Å². The van der Waals surface area contributed by atoms with E-state index in [9.17, 15) is 8.42 Å². The Balaban J connectivity index is 2.22. The average Bonchev–Trinajstić information content (AvgIpc) is 2.97. The molecule has 0 atom stereocenters. The maximum atomic E-state index is 12.2. The van der Waals surface area contributed by atoms with Crippen molar-refractivity contribution in [3.63, 3.8) is 0 Å². The summed E-state index contributed by atoms with van der Waals surface area (Å²) in [6.45, 7) is 4.62. The molecule has 0 unspecified atom stereocenters. The van der Waals surface area contributed by atoms with Gasteiger partial charge in [0.1, 0.15) is 5.82 Å². The van der Waals surface area contributed by atoms with E-state index in [1.807, 2.05) is 18.4 Å². The predicted molar refractivity (Wildman–Crippen MR) is 70.3 cm³/mol. The lowest BCUT2D eigenvalue weighted by atomic mass is 10.4. The van der Waals surface area contributed by atoms with E-state index >= 15 is 0 Å². The van der Waals surface area contributed by atoms with Crippen molar-refractivity contribution >= 4 is 21.6 Å². The predicted octanol–water partition coefficient (Wildman–Crippen LogP) is 1.65. The van der Waals surface area contributed by atoms with Crippen LogP contribution in [-0.2, 0) is 16.6 Å². The molecule has 2 rings (SSSR count). The third-order valence-electron chi connectivity index (χ3n) is 3.15. The third-order valence-corrected chi connectivity index (χ3v) is 5.11. The van der Waals surface area contributed by atoms with Crippen LogP contribution in [0.1, 0.15) is 32.0 Å². The first-order valence-electron chi connectivity index (χ1n) is 6.06. The van der Waals surface area contributed by atoms with Gasteiger partial charge in [-0.3, -0.25) is 0 Å². The number of sulfonamides is 1. The van der Waals surface area contributed by atoms with E-state index in [2.05, 4.69) is 9.71 Å². The van der Waals surface area contributed by atoms with Crippen molar-refractivity contribution in [1.82, 2.24) is 14.3 Å². The number of hydrogen-bond acceptors (Lipinski definition) is 3. The van der Waals surface area contributed by atoms with Crippen LogP contribution in [0.4, 0.5) is 0 Å². The zero-order valence-corrected chi connectivity index (χ0v) is 12.2. The zero-order valence-electron chi connectivity index (χ0n) is 10.6. The topological polar surface area (TPSA) is 64.0 Å². The van der Waals surface area contributed by atoms with Crippen LogP contribution in [0.5, 0.6) is 0 Å². The molecule has 0 aliphatic heterocycles. The molecular weight excluding hydrogens is 274 g/mol. The van der Waals surface area contributed by atoms with Gasteiger partial charge in [-0.05, 0) is 26.2 Å².